The first-order chi connectivity index (χ1) is 12.3. The fourth-order valence-corrected chi connectivity index (χ4v) is 2.79. The average molecular weight is 352 g/mol. The Hall–Kier alpha value is -3.09. The highest BCUT2D eigenvalue weighted by Crippen LogP contribution is 2.16. The maximum Gasteiger partial charge on any atom is 0.378 e. The van der Waals surface area contributed by atoms with Crippen LogP contribution in [-0.4, -0.2) is 37.9 Å². The molecule has 0 saturated carbocycles. The third kappa shape index (κ3) is 3.33. The molecule has 3 rings (SSSR count). The van der Waals surface area contributed by atoms with Crippen molar-refractivity contribution in [2.24, 2.45) is 0 Å². The molecule has 0 aliphatic heterocycles. The van der Waals surface area contributed by atoms with Gasteiger partial charge < -0.3 is 4.74 Å². The van der Waals surface area contributed by atoms with Crippen LogP contribution in [0.4, 0.5) is 0 Å². The maximum absolute atomic E-state index is 12.4. The van der Waals surface area contributed by atoms with E-state index in [4.69, 9.17) is 4.74 Å². The van der Waals surface area contributed by atoms with Gasteiger partial charge in [-0.05, 0) is 63.4 Å². The Morgan fingerprint density at radius 2 is 1.65 bits per heavy atom. The largest absolute Gasteiger partial charge is 0.451 e. The summed E-state index contributed by atoms with van der Waals surface area (Å²) in [6.45, 7) is 9.12. The van der Waals surface area contributed by atoms with Gasteiger partial charge in [0.25, 0.3) is 11.6 Å². The molecule has 1 aromatic carbocycles. The van der Waals surface area contributed by atoms with Gasteiger partial charge in [-0.3, -0.25) is 4.79 Å². The zero-order valence-electron chi connectivity index (χ0n) is 15.5. The van der Waals surface area contributed by atoms with Crippen molar-refractivity contribution in [2.45, 2.75) is 34.6 Å². The van der Waals surface area contributed by atoms with E-state index in [1.807, 2.05) is 52.8 Å². The molecule has 2 aromatic heterocycles. The summed E-state index contributed by atoms with van der Waals surface area (Å²) in [5, 5.41) is 4.10. The van der Waals surface area contributed by atoms with Crippen LogP contribution in [0.3, 0.4) is 0 Å². The number of carbonyl (C=O) groups is 2. The molecule has 2 heterocycles. The molecule has 0 amide bonds. The highest BCUT2D eigenvalue weighted by molar-refractivity contribution is 6.00. The van der Waals surface area contributed by atoms with Crippen LogP contribution in [0.15, 0.2) is 18.2 Å². The summed E-state index contributed by atoms with van der Waals surface area (Å²) >= 11 is 0. The number of nitrogens with zero attached hydrogens (tertiary/aromatic N) is 4. The SMILES string of the molecule is Cc1cc(C)n2nc(C(=O)OCC(=O)c3cc(C)c(C)cc3C)nc2n1. The second-order valence-corrected chi connectivity index (χ2v) is 6.44. The van der Waals surface area contributed by atoms with E-state index in [1.165, 1.54) is 4.52 Å². The second kappa shape index (κ2) is 6.67. The third-order valence-corrected chi connectivity index (χ3v) is 4.28. The summed E-state index contributed by atoms with van der Waals surface area (Å²) in [6, 6.07) is 5.60. The Balaban J connectivity index is 1.76. The molecule has 0 unspecified atom stereocenters. The lowest BCUT2D eigenvalue weighted by atomic mass is 9.98. The van der Waals surface area contributed by atoms with Gasteiger partial charge in [0.2, 0.25) is 5.78 Å². The molecule has 0 N–H and O–H groups in total. The molecule has 0 aliphatic rings. The van der Waals surface area contributed by atoms with Crippen molar-refractivity contribution in [1.29, 1.82) is 0 Å². The van der Waals surface area contributed by atoms with Gasteiger partial charge in [-0.15, -0.1) is 5.10 Å². The van der Waals surface area contributed by atoms with Crippen LogP contribution in [0.5, 0.6) is 0 Å². The minimum absolute atomic E-state index is 0.115. The number of hydrogen-bond donors (Lipinski definition) is 0. The van der Waals surface area contributed by atoms with E-state index >= 15 is 0 Å². The first-order valence-electron chi connectivity index (χ1n) is 8.25. The predicted octanol–water partition coefficient (Wildman–Crippen LogP) is 2.71. The van der Waals surface area contributed by atoms with Gasteiger partial charge in [0.05, 0.1) is 0 Å². The highest BCUT2D eigenvalue weighted by atomic mass is 16.5. The van der Waals surface area contributed by atoms with Crippen LogP contribution in [-0.2, 0) is 4.74 Å². The number of benzene rings is 1. The summed E-state index contributed by atoms with van der Waals surface area (Å²) in [5.74, 6) is -0.795. The van der Waals surface area contributed by atoms with Crippen LogP contribution in [0.25, 0.3) is 5.78 Å². The van der Waals surface area contributed by atoms with Crippen LogP contribution < -0.4 is 0 Å². The summed E-state index contributed by atoms with van der Waals surface area (Å²) in [5.41, 5.74) is 5.13. The molecular formula is C19H20N4O3. The van der Waals surface area contributed by atoms with E-state index in [9.17, 15) is 9.59 Å². The van der Waals surface area contributed by atoms with Crippen LogP contribution >= 0.6 is 0 Å². The normalized spacial score (nSPS) is 11.0. The summed E-state index contributed by atoms with van der Waals surface area (Å²) in [6.07, 6.45) is 0. The fraction of sp³-hybridized carbons (Fsp3) is 0.316. The van der Waals surface area contributed by atoms with E-state index in [0.717, 1.165) is 28.1 Å². The van der Waals surface area contributed by atoms with Crippen molar-refractivity contribution in [3.8, 4) is 0 Å². The number of hydrogen-bond acceptors (Lipinski definition) is 6. The van der Waals surface area contributed by atoms with Crippen molar-refractivity contribution in [2.75, 3.05) is 6.61 Å². The van der Waals surface area contributed by atoms with E-state index < -0.39 is 5.97 Å². The molecule has 0 aliphatic carbocycles. The fourth-order valence-electron chi connectivity index (χ4n) is 2.79. The van der Waals surface area contributed by atoms with Crippen molar-refractivity contribution >= 4 is 17.5 Å². The van der Waals surface area contributed by atoms with Crippen LogP contribution in [0.1, 0.15) is 49.1 Å². The number of ketones is 1. The number of Topliss-reactive ketones (excluding diaryl/α,β-unsaturated/α-hetero) is 1. The molecule has 134 valence electrons. The van der Waals surface area contributed by atoms with Crippen LogP contribution in [0.2, 0.25) is 0 Å². The first kappa shape index (κ1) is 17.7. The maximum atomic E-state index is 12.4. The number of fused-ring (bicyclic) bond motifs is 1. The molecule has 0 spiro atoms. The Morgan fingerprint density at radius 3 is 2.38 bits per heavy atom. The van der Waals surface area contributed by atoms with Gasteiger partial charge in [0.1, 0.15) is 0 Å². The number of aryl methyl sites for hydroxylation is 5. The van der Waals surface area contributed by atoms with E-state index in [1.54, 1.807) is 0 Å². The molecule has 7 heteroatoms. The Bertz CT molecular complexity index is 1040. The van der Waals surface area contributed by atoms with E-state index in [2.05, 4.69) is 15.1 Å². The molecule has 0 radical (unpaired) electrons. The zero-order valence-corrected chi connectivity index (χ0v) is 15.5. The standard InChI is InChI=1S/C19H20N4O3/c1-10-6-12(3)15(7-11(10)2)16(24)9-26-18(25)17-21-19-20-13(4)8-14(5)23(19)22-17/h6-8H,9H2,1-5H3. The lowest BCUT2D eigenvalue weighted by Gasteiger charge is -2.09. The second-order valence-electron chi connectivity index (χ2n) is 6.44. The number of rotatable bonds is 4. The lowest BCUT2D eigenvalue weighted by Crippen LogP contribution is -2.16. The number of ether oxygens (including phenoxy) is 1. The summed E-state index contributed by atoms with van der Waals surface area (Å²) < 4.78 is 6.59. The number of aromatic nitrogens is 4. The van der Waals surface area contributed by atoms with Gasteiger partial charge >= 0.3 is 5.97 Å². The molecule has 0 bridgehead atoms. The molecule has 0 fully saturated rings. The average Bonchev–Trinajstić information content (AvgIpc) is 3.00. The first-order valence-corrected chi connectivity index (χ1v) is 8.25. The summed E-state index contributed by atoms with van der Waals surface area (Å²) in [7, 11) is 0. The third-order valence-electron chi connectivity index (χ3n) is 4.28. The van der Waals surface area contributed by atoms with E-state index in [-0.39, 0.29) is 18.2 Å². The number of esters is 1. The van der Waals surface area contributed by atoms with Gasteiger partial charge in [-0.1, -0.05) is 6.07 Å². The molecule has 7 nitrogen and oxygen atoms in total. The van der Waals surface area contributed by atoms with Gasteiger partial charge in [-0.25, -0.2) is 14.3 Å². The molecule has 3 aromatic rings. The van der Waals surface area contributed by atoms with Crippen molar-refractivity contribution in [3.63, 3.8) is 0 Å². The van der Waals surface area contributed by atoms with E-state index in [0.29, 0.717) is 11.3 Å². The van der Waals surface area contributed by atoms with Gasteiger partial charge in [-0.2, -0.15) is 4.98 Å². The van der Waals surface area contributed by atoms with Gasteiger partial charge in [0.15, 0.2) is 6.61 Å². The van der Waals surface area contributed by atoms with Crippen molar-refractivity contribution < 1.29 is 14.3 Å². The van der Waals surface area contributed by atoms with Gasteiger partial charge in [0, 0.05) is 17.0 Å². The lowest BCUT2D eigenvalue weighted by molar-refractivity contribution is 0.0462. The zero-order chi connectivity index (χ0) is 19.0. The monoisotopic (exact) mass is 352 g/mol. The van der Waals surface area contributed by atoms with Crippen LogP contribution in [0, 0.1) is 34.6 Å². The van der Waals surface area contributed by atoms with Crippen molar-refractivity contribution in [3.05, 3.63) is 57.7 Å². The molecule has 0 saturated heterocycles. The predicted molar refractivity (Wildman–Crippen MR) is 95.5 cm³/mol. The Kier molecular flexibility index (Phi) is 4.54. The topological polar surface area (TPSA) is 86.5 Å². The molecular weight excluding hydrogens is 332 g/mol. The Morgan fingerprint density at radius 1 is 0.962 bits per heavy atom. The molecule has 26 heavy (non-hydrogen) atoms. The minimum atomic E-state index is -0.748. The quantitative estimate of drug-likeness (QED) is 0.530. The summed E-state index contributed by atoms with van der Waals surface area (Å²) in [4.78, 5) is 32.9. The van der Waals surface area contributed by atoms with Crippen molar-refractivity contribution in [1.82, 2.24) is 19.6 Å². The number of carbonyl (C=O) groups excluding carboxylic acids is 2. The smallest absolute Gasteiger partial charge is 0.378 e. The Labute approximate surface area is 151 Å². The minimum Gasteiger partial charge on any atom is -0.451 e. The highest BCUT2D eigenvalue weighted by Gasteiger charge is 2.19. The molecule has 0 atom stereocenters.